The molecule has 36 heavy (non-hydrogen) atoms. The number of amides is 2. The molecule has 1 aliphatic carbocycles. The highest BCUT2D eigenvalue weighted by molar-refractivity contribution is 8.45. The van der Waals surface area contributed by atoms with Crippen LogP contribution < -0.4 is 10.2 Å². The van der Waals surface area contributed by atoms with Crippen molar-refractivity contribution < 1.29 is 43.6 Å². The first-order valence-electron chi connectivity index (χ1n) is 10.7. The SMILES string of the molecule is [2H][C@@](C(=O)NC1CCC(F)(F)CC1)(c1cncnc1)N(C(=O)[C@H](F)Cl)c1ccc(S(F)(F)(F)(F)F)cc1. The van der Waals surface area contributed by atoms with E-state index in [-0.39, 0.29) is 29.9 Å². The highest BCUT2D eigenvalue weighted by atomic mass is 35.5. The van der Waals surface area contributed by atoms with E-state index in [1.54, 1.807) is 0 Å². The molecule has 200 valence electrons. The van der Waals surface area contributed by atoms with E-state index in [4.69, 9.17) is 13.0 Å². The highest BCUT2D eigenvalue weighted by Crippen LogP contribution is 3.02. The third kappa shape index (κ3) is 6.75. The van der Waals surface area contributed by atoms with Crippen molar-refractivity contribution in [2.24, 2.45) is 0 Å². The van der Waals surface area contributed by atoms with E-state index in [0.717, 1.165) is 18.7 Å². The summed E-state index contributed by atoms with van der Waals surface area (Å²) in [7, 11) is -10.1. The molecule has 1 heterocycles. The molecular formula is C20H19ClF8N4O2S. The number of alkyl halides is 4. The van der Waals surface area contributed by atoms with Crippen molar-refractivity contribution in [2.45, 2.75) is 54.2 Å². The van der Waals surface area contributed by atoms with Gasteiger partial charge in [-0.1, -0.05) is 31.0 Å². The third-order valence-electron chi connectivity index (χ3n) is 5.27. The van der Waals surface area contributed by atoms with Crippen LogP contribution in [0.25, 0.3) is 0 Å². The van der Waals surface area contributed by atoms with Crippen molar-refractivity contribution in [1.29, 1.82) is 0 Å². The number of rotatable bonds is 7. The van der Waals surface area contributed by atoms with Crippen molar-refractivity contribution in [2.75, 3.05) is 4.90 Å². The summed E-state index contributed by atoms with van der Waals surface area (Å²) >= 11 is 5.26. The van der Waals surface area contributed by atoms with Gasteiger partial charge in [0.25, 0.3) is 11.5 Å². The molecular weight excluding hydrogens is 548 g/mol. The Labute approximate surface area is 206 Å². The number of halogens is 9. The lowest BCUT2D eigenvalue weighted by atomic mass is 9.92. The normalized spacial score (nSPS) is 21.2. The molecule has 2 aromatic rings. The van der Waals surface area contributed by atoms with E-state index in [1.165, 1.54) is 0 Å². The fourth-order valence-electron chi connectivity index (χ4n) is 3.54. The van der Waals surface area contributed by atoms with Crippen LogP contribution in [0.4, 0.5) is 38.3 Å². The number of anilines is 1. The molecule has 0 radical (unpaired) electrons. The minimum atomic E-state index is -10.1. The predicted molar refractivity (Wildman–Crippen MR) is 116 cm³/mol. The molecule has 0 saturated heterocycles. The third-order valence-corrected chi connectivity index (χ3v) is 6.62. The van der Waals surface area contributed by atoms with Crippen LogP contribution in [0.2, 0.25) is 0 Å². The van der Waals surface area contributed by atoms with Crippen LogP contribution in [-0.2, 0) is 9.59 Å². The minimum Gasteiger partial charge on any atom is -0.351 e. The Balaban J connectivity index is 2.11. The maximum Gasteiger partial charge on any atom is 0.310 e. The molecule has 2 amide bonds. The zero-order chi connectivity index (χ0) is 27.9. The van der Waals surface area contributed by atoms with Crippen LogP contribution in [0, 0.1) is 0 Å². The van der Waals surface area contributed by atoms with Gasteiger partial charge in [0.15, 0.2) is 0 Å². The second-order valence-corrected chi connectivity index (χ2v) is 10.8. The van der Waals surface area contributed by atoms with Gasteiger partial charge in [-0.25, -0.2) is 23.1 Å². The van der Waals surface area contributed by atoms with Gasteiger partial charge >= 0.3 is 10.2 Å². The highest BCUT2D eigenvalue weighted by Gasteiger charge is 2.65. The molecule has 1 fully saturated rings. The van der Waals surface area contributed by atoms with E-state index < -0.39 is 74.6 Å². The van der Waals surface area contributed by atoms with Crippen LogP contribution in [0.3, 0.4) is 0 Å². The van der Waals surface area contributed by atoms with E-state index in [0.29, 0.717) is 12.1 Å². The summed E-state index contributed by atoms with van der Waals surface area (Å²) in [5.74, 6) is -6.15. The van der Waals surface area contributed by atoms with E-state index >= 15 is 0 Å². The monoisotopic (exact) mass is 567 g/mol. The average molecular weight is 568 g/mol. The molecule has 1 saturated carbocycles. The molecule has 16 heteroatoms. The van der Waals surface area contributed by atoms with Crippen LogP contribution in [0.15, 0.2) is 47.9 Å². The molecule has 3 rings (SSSR count). The summed E-state index contributed by atoms with van der Waals surface area (Å²) in [5.41, 5.74) is -4.19. The first-order chi connectivity index (χ1) is 16.7. The maximum absolute atomic E-state index is 14.0. The molecule has 0 bridgehead atoms. The van der Waals surface area contributed by atoms with E-state index in [1.807, 2.05) is 0 Å². The Kier molecular flexibility index (Phi) is 6.60. The lowest BCUT2D eigenvalue weighted by Gasteiger charge is -2.40. The fraction of sp³-hybridized carbons (Fsp3) is 0.400. The molecule has 0 unspecified atom stereocenters. The molecule has 2 atom stereocenters. The summed E-state index contributed by atoms with van der Waals surface area (Å²) in [4.78, 5) is 31.1. The second kappa shape index (κ2) is 9.01. The lowest BCUT2D eigenvalue weighted by Crippen LogP contribution is -2.49. The van der Waals surface area contributed by atoms with Gasteiger partial charge in [0.1, 0.15) is 17.2 Å². The molecule has 1 aromatic carbocycles. The first-order valence-corrected chi connectivity index (χ1v) is 12.5. The van der Waals surface area contributed by atoms with Gasteiger partial charge in [0, 0.05) is 42.5 Å². The number of nitrogens with zero attached hydrogens (tertiary/aromatic N) is 3. The van der Waals surface area contributed by atoms with Crippen molar-refractivity contribution in [3.63, 3.8) is 0 Å². The van der Waals surface area contributed by atoms with Gasteiger partial charge in [0.2, 0.25) is 11.8 Å². The average Bonchev–Trinajstić information content (AvgIpc) is 2.79. The largest absolute Gasteiger partial charge is 0.351 e. The zero-order valence-corrected chi connectivity index (χ0v) is 19.6. The Bertz CT molecular complexity index is 1170. The van der Waals surface area contributed by atoms with Crippen molar-refractivity contribution in [3.05, 3.63) is 48.5 Å². The lowest BCUT2D eigenvalue weighted by molar-refractivity contribution is -0.128. The van der Waals surface area contributed by atoms with Crippen LogP contribution >= 0.6 is 21.8 Å². The van der Waals surface area contributed by atoms with Crippen molar-refractivity contribution in [3.8, 4) is 0 Å². The molecule has 1 aliphatic rings. The number of benzene rings is 1. The fourth-order valence-corrected chi connectivity index (χ4v) is 4.29. The van der Waals surface area contributed by atoms with E-state index in [9.17, 15) is 42.2 Å². The van der Waals surface area contributed by atoms with Gasteiger partial charge in [-0.3, -0.25) is 14.5 Å². The molecule has 0 spiro atoms. The van der Waals surface area contributed by atoms with Crippen LogP contribution in [0.1, 0.15) is 38.6 Å². The van der Waals surface area contributed by atoms with Gasteiger partial charge in [-0.2, -0.15) is 0 Å². The molecule has 1 N–H and O–H groups in total. The number of carbonyl (C=O) groups excluding carboxylic acids is 2. The molecule has 6 nitrogen and oxygen atoms in total. The Morgan fingerprint density at radius 2 is 1.61 bits per heavy atom. The number of hydrogen-bond acceptors (Lipinski definition) is 4. The minimum absolute atomic E-state index is 0.0608. The summed E-state index contributed by atoms with van der Waals surface area (Å²) in [6.07, 6.45) is 1.11. The summed E-state index contributed by atoms with van der Waals surface area (Å²) in [6, 6.07) is -3.46. The smallest absolute Gasteiger partial charge is 0.310 e. The molecule has 1 aromatic heterocycles. The summed E-state index contributed by atoms with van der Waals surface area (Å²) in [5, 5.41) is 2.32. The Hall–Kier alpha value is -2.68. The van der Waals surface area contributed by atoms with Gasteiger partial charge in [-0.05, 0) is 37.1 Å². The van der Waals surface area contributed by atoms with Crippen molar-refractivity contribution >= 4 is 39.3 Å². The summed E-state index contributed by atoms with van der Waals surface area (Å²) < 4.78 is 116. The number of carbonyl (C=O) groups is 2. The van der Waals surface area contributed by atoms with Gasteiger partial charge in [-0.15, -0.1) is 0 Å². The summed E-state index contributed by atoms with van der Waals surface area (Å²) in [6.45, 7) is 0. The number of hydrogen-bond donors (Lipinski definition) is 1. The number of aromatic nitrogens is 2. The van der Waals surface area contributed by atoms with E-state index in [2.05, 4.69) is 15.3 Å². The zero-order valence-electron chi connectivity index (χ0n) is 19.0. The van der Waals surface area contributed by atoms with Gasteiger partial charge in [0.05, 0.1) is 1.37 Å². The maximum atomic E-state index is 14.0. The number of nitrogens with one attached hydrogen (secondary N) is 1. The second-order valence-electron chi connectivity index (χ2n) is 8.02. The molecule has 0 aliphatic heterocycles. The quantitative estimate of drug-likeness (QED) is 0.309. The standard InChI is InChI=1S/C20H19ClF8N4O2S/c21-17(22)19(35)33(14-1-3-15(4-2-14)36(25,26,27,28)29)16(12-9-30-11-31-10-12)18(34)32-13-5-7-20(23,24)8-6-13/h1-4,9-11,13,16-17H,5-8H2,(H,32,34)/t16-,17-/m0/s1/i16D. The first kappa shape index (κ1) is 26.4. The van der Waals surface area contributed by atoms with Crippen LogP contribution in [0.5, 0.6) is 0 Å². The van der Waals surface area contributed by atoms with Crippen molar-refractivity contribution in [1.82, 2.24) is 15.3 Å². The topological polar surface area (TPSA) is 75.2 Å². The Morgan fingerprint density at radius 3 is 2.08 bits per heavy atom. The Morgan fingerprint density at radius 1 is 1.08 bits per heavy atom. The van der Waals surface area contributed by atoms with Gasteiger partial charge < -0.3 is 5.32 Å². The van der Waals surface area contributed by atoms with Crippen LogP contribution in [-0.4, -0.2) is 39.4 Å². The predicted octanol–water partition coefficient (Wildman–Crippen LogP) is 6.44.